The Labute approximate surface area is 82.4 Å². The number of ketones is 1. The molecule has 0 fully saturated rings. The number of aromatic nitrogens is 2. The Bertz CT molecular complexity index is 380. The summed E-state index contributed by atoms with van der Waals surface area (Å²) >= 11 is 0. The second-order valence-electron chi connectivity index (χ2n) is 3.68. The van der Waals surface area contributed by atoms with Gasteiger partial charge in [0.15, 0.2) is 5.78 Å². The summed E-state index contributed by atoms with van der Waals surface area (Å²) in [6.45, 7) is 0. The average Bonchev–Trinajstić information content (AvgIpc) is 2.73. The fourth-order valence-electron chi connectivity index (χ4n) is 1.65. The number of imidazole rings is 1. The van der Waals surface area contributed by atoms with Crippen molar-refractivity contribution < 1.29 is 4.79 Å². The highest BCUT2D eigenvalue weighted by atomic mass is 16.1. The molecule has 1 aliphatic carbocycles. The zero-order valence-electron chi connectivity index (χ0n) is 8.05. The lowest BCUT2D eigenvalue weighted by Gasteiger charge is -2.05. The van der Waals surface area contributed by atoms with E-state index in [0.717, 1.165) is 0 Å². The van der Waals surface area contributed by atoms with E-state index in [1.807, 2.05) is 19.2 Å². The Morgan fingerprint density at radius 2 is 2.43 bits per heavy atom. The lowest BCUT2D eigenvalue weighted by atomic mass is 10.0. The standard InChI is InChI=1S/C10H13N3O/c1-13-5-9(12-6-13)10(14)7-2-3-8(11)4-7/h2-3,5-8H,4,11H2,1H3. The number of hydrogen-bond acceptors (Lipinski definition) is 3. The van der Waals surface area contributed by atoms with Crippen molar-refractivity contribution in [3.8, 4) is 0 Å². The van der Waals surface area contributed by atoms with Gasteiger partial charge in [-0.1, -0.05) is 12.2 Å². The summed E-state index contributed by atoms with van der Waals surface area (Å²) < 4.78 is 1.77. The minimum Gasteiger partial charge on any atom is -0.340 e. The number of nitrogens with two attached hydrogens (primary N) is 1. The molecule has 0 amide bonds. The zero-order chi connectivity index (χ0) is 10.1. The first-order chi connectivity index (χ1) is 6.66. The first-order valence-corrected chi connectivity index (χ1v) is 4.63. The number of hydrogen-bond donors (Lipinski definition) is 1. The van der Waals surface area contributed by atoms with Gasteiger partial charge in [-0.2, -0.15) is 0 Å². The molecular formula is C10H13N3O. The molecule has 0 radical (unpaired) electrons. The Kier molecular flexibility index (Phi) is 2.21. The molecule has 0 saturated heterocycles. The fourth-order valence-corrected chi connectivity index (χ4v) is 1.65. The van der Waals surface area contributed by atoms with E-state index >= 15 is 0 Å². The fraction of sp³-hybridized carbons (Fsp3) is 0.400. The highest BCUT2D eigenvalue weighted by Gasteiger charge is 2.24. The molecule has 2 N–H and O–H groups in total. The molecule has 0 aliphatic heterocycles. The molecule has 74 valence electrons. The van der Waals surface area contributed by atoms with E-state index in [1.165, 1.54) is 0 Å². The lowest BCUT2D eigenvalue weighted by Crippen LogP contribution is -2.19. The summed E-state index contributed by atoms with van der Waals surface area (Å²) in [6.07, 6.45) is 7.83. The molecule has 0 saturated carbocycles. The molecule has 1 aromatic heterocycles. The van der Waals surface area contributed by atoms with Crippen molar-refractivity contribution in [1.82, 2.24) is 9.55 Å². The molecular weight excluding hydrogens is 178 g/mol. The summed E-state index contributed by atoms with van der Waals surface area (Å²) in [5, 5.41) is 0. The van der Waals surface area contributed by atoms with Gasteiger partial charge in [-0.15, -0.1) is 0 Å². The number of rotatable bonds is 2. The molecule has 14 heavy (non-hydrogen) atoms. The number of aryl methyl sites for hydroxylation is 1. The van der Waals surface area contributed by atoms with Gasteiger partial charge in [0.05, 0.1) is 6.33 Å². The van der Waals surface area contributed by atoms with Gasteiger partial charge in [-0.3, -0.25) is 4.79 Å². The maximum absolute atomic E-state index is 11.8. The normalized spacial score (nSPS) is 25.6. The van der Waals surface area contributed by atoms with Crippen LogP contribution in [0.25, 0.3) is 0 Å². The predicted octanol–water partition coefficient (Wildman–Crippen LogP) is 0.506. The van der Waals surface area contributed by atoms with Gasteiger partial charge in [0.1, 0.15) is 5.69 Å². The molecule has 1 aromatic rings. The largest absolute Gasteiger partial charge is 0.340 e. The van der Waals surface area contributed by atoms with Crippen LogP contribution in [0.2, 0.25) is 0 Å². The lowest BCUT2D eigenvalue weighted by molar-refractivity contribution is 0.0938. The predicted molar refractivity (Wildman–Crippen MR) is 52.8 cm³/mol. The second kappa shape index (κ2) is 3.38. The smallest absolute Gasteiger partial charge is 0.189 e. The third-order valence-electron chi connectivity index (χ3n) is 2.41. The Balaban J connectivity index is 2.13. The first kappa shape index (κ1) is 9.15. The molecule has 0 spiro atoms. The van der Waals surface area contributed by atoms with Crippen LogP contribution >= 0.6 is 0 Å². The zero-order valence-corrected chi connectivity index (χ0v) is 8.05. The summed E-state index contributed by atoms with van der Waals surface area (Å²) in [4.78, 5) is 15.8. The van der Waals surface area contributed by atoms with E-state index in [0.29, 0.717) is 12.1 Å². The third kappa shape index (κ3) is 1.61. The van der Waals surface area contributed by atoms with E-state index in [2.05, 4.69) is 4.98 Å². The van der Waals surface area contributed by atoms with Crippen LogP contribution in [0.4, 0.5) is 0 Å². The summed E-state index contributed by atoms with van der Waals surface area (Å²) in [5.74, 6) is -0.0188. The van der Waals surface area contributed by atoms with Gasteiger partial charge in [0.25, 0.3) is 0 Å². The van der Waals surface area contributed by atoms with Gasteiger partial charge in [-0.05, 0) is 6.42 Å². The van der Waals surface area contributed by atoms with Crippen LogP contribution in [-0.4, -0.2) is 21.4 Å². The molecule has 4 nitrogen and oxygen atoms in total. The van der Waals surface area contributed by atoms with Crippen molar-refractivity contribution in [1.29, 1.82) is 0 Å². The highest BCUT2D eigenvalue weighted by molar-refractivity contribution is 5.97. The third-order valence-corrected chi connectivity index (χ3v) is 2.41. The highest BCUT2D eigenvalue weighted by Crippen LogP contribution is 2.20. The van der Waals surface area contributed by atoms with E-state index in [4.69, 9.17) is 5.73 Å². The number of allylic oxidation sites excluding steroid dienone is 1. The van der Waals surface area contributed by atoms with Crippen LogP contribution in [0.1, 0.15) is 16.9 Å². The molecule has 2 atom stereocenters. The van der Waals surface area contributed by atoms with Crippen molar-refractivity contribution in [2.75, 3.05) is 0 Å². The summed E-state index contributed by atoms with van der Waals surface area (Å²) in [7, 11) is 1.85. The SMILES string of the molecule is Cn1cnc(C(=O)C2C=CC(N)C2)c1. The van der Waals surface area contributed by atoms with Crippen LogP contribution in [0, 0.1) is 5.92 Å². The van der Waals surface area contributed by atoms with Crippen molar-refractivity contribution in [2.24, 2.45) is 18.7 Å². The molecule has 1 heterocycles. The van der Waals surface area contributed by atoms with Gasteiger partial charge >= 0.3 is 0 Å². The van der Waals surface area contributed by atoms with E-state index in [1.54, 1.807) is 17.1 Å². The number of carbonyl (C=O) groups is 1. The molecule has 2 unspecified atom stereocenters. The maximum Gasteiger partial charge on any atom is 0.189 e. The van der Waals surface area contributed by atoms with Crippen LogP contribution in [0.15, 0.2) is 24.7 Å². The topological polar surface area (TPSA) is 60.9 Å². The Hall–Kier alpha value is -1.42. The number of carbonyl (C=O) groups excluding carboxylic acids is 1. The van der Waals surface area contributed by atoms with Crippen molar-refractivity contribution >= 4 is 5.78 Å². The molecule has 4 heteroatoms. The molecule has 0 bridgehead atoms. The van der Waals surface area contributed by atoms with Crippen LogP contribution < -0.4 is 5.73 Å². The molecule has 0 aromatic carbocycles. The Morgan fingerprint density at radius 3 is 2.93 bits per heavy atom. The minimum atomic E-state index is -0.0834. The number of nitrogens with zero attached hydrogens (tertiary/aromatic N) is 2. The van der Waals surface area contributed by atoms with Crippen LogP contribution in [0.5, 0.6) is 0 Å². The van der Waals surface area contributed by atoms with Crippen molar-refractivity contribution in [2.45, 2.75) is 12.5 Å². The second-order valence-corrected chi connectivity index (χ2v) is 3.68. The quantitative estimate of drug-likeness (QED) is 0.547. The van der Waals surface area contributed by atoms with Gasteiger partial charge in [0, 0.05) is 25.2 Å². The van der Waals surface area contributed by atoms with Gasteiger partial charge in [-0.25, -0.2) is 4.98 Å². The molecule has 2 rings (SSSR count). The van der Waals surface area contributed by atoms with Crippen molar-refractivity contribution in [3.63, 3.8) is 0 Å². The summed E-state index contributed by atoms with van der Waals surface area (Å²) in [6, 6.07) is 0.0210. The summed E-state index contributed by atoms with van der Waals surface area (Å²) in [5.41, 5.74) is 6.21. The van der Waals surface area contributed by atoms with Crippen molar-refractivity contribution in [3.05, 3.63) is 30.4 Å². The monoisotopic (exact) mass is 191 g/mol. The first-order valence-electron chi connectivity index (χ1n) is 4.63. The van der Waals surface area contributed by atoms with Gasteiger partial charge in [0.2, 0.25) is 0 Å². The number of Topliss-reactive ketones (excluding diaryl/α,β-unsaturated/α-hetero) is 1. The Morgan fingerprint density at radius 1 is 1.64 bits per heavy atom. The van der Waals surface area contributed by atoms with Crippen LogP contribution in [0.3, 0.4) is 0 Å². The van der Waals surface area contributed by atoms with Crippen LogP contribution in [-0.2, 0) is 7.05 Å². The van der Waals surface area contributed by atoms with E-state index in [9.17, 15) is 4.79 Å². The molecule has 1 aliphatic rings. The minimum absolute atomic E-state index is 0.0210. The maximum atomic E-state index is 11.8. The average molecular weight is 191 g/mol. The van der Waals surface area contributed by atoms with Gasteiger partial charge < -0.3 is 10.3 Å². The van der Waals surface area contributed by atoms with E-state index < -0.39 is 0 Å². The van der Waals surface area contributed by atoms with E-state index in [-0.39, 0.29) is 17.7 Å².